The van der Waals surface area contributed by atoms with E-state index in [1.54, 1.807) is 13.0 Å². The van der Waals surface area contributed by atoms with Crippen LogP contribution >= 0.6 is 11.3 Å². The summed E-state index contributed by atoms with van der Waals surface area (Å²) < 4.78 is 0. The van der Waals surface area contributed by atoms with Crippen molar-refractivity contribution in [2.75, 3.05) is 5.73 Å². The van der Waals surface area contributed by atoms with Gasteiger partial charge in [0.2, 0.25) is 0 Å². The fourth-order valence-electron chi connectivity index (χ4n) is 1.72. The van der Waals surface area contributed by atoms with E-state index in [1.807, 2.05) is 36.4 Å². The van der Waals surface area contributed by atoms with Crippen molar-refractivity contribution in [1.82, 2.24) is 0 Å². The Labute approximate surface area is 115 Å². The number of ketones is 1. The minimum atomic E-state index is -0.125. The number of rotatable bonds is 3. The average Bonchev–Trinajstić information content (AvgIpc) is 2.72. The average molecular weight is 268 g/mol. The second kappa shape index (κ2) is 5.51. The summed E-state index contributed by atoms with van der Waals surface area (Å²) in [4.78, 5) is 12.6. The van der Waals surface area contributed by atoms with E-state index in [2.05, 4.69) is 0 Å². The number of hydrogen-bond acceptors (Lipinski definition) is 4. The van der Waals surface area contributed by atoms with E-state index in [-0.39, 0.29) is 5.78 Å². The quantitative estimate of drug-likeness (QED) is 0.685. The van der Waals surface area contributed by atoms with E-state index in [1.165, 1.54) is 6.08 Å². The number of nitrogens with two attached hydrogens (primary N) is 1. The van der Waals surface area contributed by atoms with Gasteiger partial charge in [0.15, 0.2) is 5.78 Å². The molecule has 0 atom stereocenters. The van der Waals surface area contributed by atoms with Gasteiger partial charge in [-0.15, -0.1) is 11.3 Å². The summed E-state index contributed by atoms with van der Waals surface area (Å²) in [6, 6.07) is 11.6. The molecule has 0 aliphatic carbocycles. The van der Waals surface area contributed by atoms with E-state index in [0.29, 0.717) is 21.0 Å². The number of carbonyl (C=O) groups excluding carboxylic acids is 1. The zero-order chi connectivity index (χ0) is 13.8. The maximum Gasteiger partial charge on any atom is 0.196 e. The maximum absolute atomic E-state index is 12.1. The predicted molar refractivity (Wildman–Crippen MR) is 78.0 cm³/mol. The highest BCUT2D eigenvalue weighted by Crippen LogP contribution is 2.30. The van der Waals surface area contributed by atoms with Gasteiger partial charge < -0.3 is 5.73 Å². The Kier molecular flexibility index (Phi) is 3.79. The molecule has 0 bridgehead atoms. The second-order valence-electron chi connectivity index (χ2n) is 4.02. The SMILES string of the molecule is Cc1c(C(=O)/C=C/c2ccccc2)sc(N)c1C#N. The normalized spacial score (nSPS) is 10.5. The van der Waals surface area contributed by atoms with Crippen LogP contribution in [0.15, 0.2) is 36.4 Å². The molecule has 1 aromatic heterocycles. The summed E-state index contributed by atoms with van der Waals surface area (Å²) in [5.41, 5.74) is 7.74. The van der Waals surface area contributed by atoms with Crippen molar-refractivity contribution < 1.29 is 4.79 Å². The molecule has 4 heteroatoms. The highest BCUT2D eigenvalue weighted by molar-refractivity contribution is 7.18. The Balaban J connectivity index is 2.27. The van der Waals surface area contributed by atoms with Gasteiger partial charge in [-0.2, -0.15) is 5.26 Å². The molecule has 3 nitrogen and oxygen atoms in total. The molecule has 0 spiro atoms. The summed E-state index contributed by atoms with van der Waals surface area (Å²) in [5, 5.41) is 9.35. The number of nitrogen functional groups attached to an aromatic ring is 1. The summed E-state index contributed by atoms with van der Waals surface area (Å²) in [6.07, 6.45) is 3.26. The first-order chi connectivity index (χ1) is 9.13. The van der Waals surface area contributed by atoms with Crippen molar-refractivity contribution in [1.29, 1.82) is 5.26 Å². The van der Waals surface area contributed by atoms with Crippen LogP contribution < -0.4 is 5.73 Å². The van der Waals surface area contributed by atoms with Gasteiger partial charge in [0.1, 0.15) is 11.1 Å². The van der Waals surface area contributed by atoms with Crippen LogP contribution in [0.4, 0.5) is 5.00 Å². The van der Waals surface area contributed by atoms with Gasteiger partial charge in [-0.3, -0.25) is 4.79 Å². The molecule has 94 valence electrons. The molecule has 0 fully saturated rings. The minimum Gasteiger partial charge on any atom is -0.389 e. The van der Waals surface area contributed by atoms with Gasteiger partial charge in [-0.05, 0) is 24.1 Å². The van der Waals surface area contributed by atoms with Gasteiger partial charge in [0.05, 0.1) is 10.4 Å². The molecule has 0 aliphatic heterocycles. The largest absolute Gasteiger partial charge is 0.389 e. The van der Waals surface area contributed by atoms with Crippen LogP contribution in [-0.4, -0.2) is 5.78 Å². The second-order valence-corrected chi connectivity index (χ2v) is 5.07. The molecule has 1 aromatic carbocycles. The van der Waals surface area contributed by atoms with Crippen LogP contribution in [0.5, 0.6) is 0 Å². The first-order valence-electron chi connectivity index (χ1n) is 5.70. The molecule has 2 aromatic rings. The standard InChI is InChI=1S/C15H12N2OS/c1-10-12(9-16)15(17)19-14(10)13(18)8-7-11-5-3-2-4-6-11/h2-8H,17H2,1H3/b8-7+. The molecule has 0 unspecified atom stereocenters. The van der Waals surface area contributed by atoms with Crippen LogP contribution in [0.1, 0.15) is 26.4 Å². The van der Waals surface area contributed by atoms with Crippen LogP contribution in [-0.2, 0) is 0 Å². The van der Waals surface area contributed by atoms with Gasteiger partial charge in [0.25, 0.3) is 0 Å². The molecule has 0 amide bonds. The molecular formula is C15H12N2OS. The third kappa shape index (κ3) is 2.72. The van der Waals surface area contributed by atoms with Crippen LogP contribution in [0, 0.1) is 18.3 Å². The van der Waals surface area contributed by atoms with Crippen LogP contribution in [0.25, 0.3) is 6.08 Å². The van der Waals surface area contributed by atoms with E-state index in [9.17, 15) is 4.79 Å². The Hall–Kier alpha value is -2.38. The predicted octanol–water partition coefficient (Wildman–Crippen LogP) is 3.41. The van der Waals surface area contributed by atoms with E-state index >= 15 is 0 Å². The van der Waals surface area contributed by atoms with Crippen molar-refractivity contribution >= 4 is 28.2 Å². The highest BCUT2D eigenvalue weighted by Gasteiger charge is 2.16. The molecule has 0 aliphatic rings. The topological polar surface area (TPSA) is 66.9 Å². The highest BCUT2D eigenvalue weighted by atomic mass is 32.1. The van der Waals surface area contributed by atoms with Crippen LogP contribution in [0.2, 0.25) is 0 Å². The Morgan fingerprint density at radius 1 is 1.37 bits per heavy atom. The molecule has 1 heterocycles. The van der Waals surface area contributed by atoms with Crippen LogP contribution in [0.3, 0.4) is 0 Å². The minimum absolute atomic E-state index is 0.125. The smallest absolute Gasteiger partial charge is 0.196 e. The van der Waals surface area contributed by atoms with E-state index in [0.717, 1.165) is 16.9 Å². The molecule has 2 rings (SSSR count). The molecule has 2 N–H and O–H groups in total. The lowest BCUT2D eigenvalue weighted by atomic mass is 10.1. The summed E-state index contributed by atoms with van der Waals surface area (Å²) in [7, 11) is 0. The Bertz CT molecular complexity index is 678. The Morgan fingerprint density at radius 3 is 2.63 bits per heavy atom. The molecule has 0 saturated heterocycles. The number of hydrogen-bond donors (Lipinski definition) is 1. The lowest BCUT2D eigenvalue weighted by Crippen LogP contribution is -1.93. The van der Waals surface area contributed by atoms with Crippen molar-refractivity contribution in [2.45, 2.75) is 6.92 Å². The lowest BCUT2D eigenvalue weighted by molar-refractivity contribution is 0.105. The van der Waals surface area contributed by atoms with Crippen molar-refractivity contribution in [3.05, 3.63) is 58.0 Å². The molecule has 0 saturated carbocycles. The van der Waals surface area contributed by atoms with Crippen molar-refractivity contribution in [3.63, 3.8) is 0 Å². The maximum atomic E-state index is 12.1. The summed E-state index contributed by atoms with van der Waals surface area (Å²) >= 11 is 1.16. The van der Waals surface area contributed by atoms with Gasteiger partial charge in [-0.25, -0.2) is 0 Å². The third-order valence-corrected chi connectivity index (χ3v) is 3.87. The van der Waals surface area contributed by atoms with Gasteiger partial charge >= 0.3 is 0 Å². The monoisotopic (exact) mass is 268 g/mol. The third-order valence-electron chi connectivity index (χ3n) is 2.74. The Morgan fingerprint density at radius 2 is 2.05 bits per heavy atom. The van der Waals surface area contributed by atoms with E-state index < -0.39 is 0 Å². The zero-order valence-corrected chi connectivity index (χ0v) is 11.2. The number of nitriles is 1. The number of anilines is 1. The van der Waals surface area contributed by atoms with E-state index in [4.69, 9.17) is 11.0 Å². The molecule has 19 heavy (non-hydrogen) atoms. The fourth-order valence-corrected chi connectivity index (χ4v) is 2.67. The first-order valence-corrected chi connectivity index (χ1v) is 6.51. The van der Waals surface area contributed by atoms with Gasteiger partial charge in [0, 0.05) is 0 Å². The number of nitrogens with zero attached hydrogens (tertiary/aromatic N) is 1. The molecular weight excluding hydrogens is 256 g/mol. The zero-order valence-electron chi connectivity index (χ0n) is 10.4. The summed E-state index contributed by atoms with van der Waals surface area (Å²) in [5.74, 6) is -0.125. The summed E-state index contributed by atoms with van der Waals surface area (Å²) in [6.45, 7) is 1.75. The van der Waals surface area contributed by atoms with Crippen molar-refractivity contribution in [2.24, 2.45) is 0 Å². The lowest BCUT2D eigenvalue weighted by Gasteiger charge is -1.94. The van der Waals surface area contributed by atoms with Gasteiger partial charge in [-0.1, -0.05) is 36.4 Å². The first kappa shape index (κ1) is 13.1. The number of benzene rings is 1. The van der Waals surface area contributed by atoms with Crippen molar-refractivity contribution in [3.8, 4) is 6.07 Å². The number of allylic oxidation sites excluding steroid dienone is 1. The fraction of sp³-hybridized carbons (Fsp3) is 0.0667. The number of carbonyl (C=O) groups is 1. The molecule has 0 radical (unpaired) electrons. The number of thiophene rings is 1.